The molecule has 0 aromatic heterocycles. The summed E-state index contributed by atoms with van der Waals surface area (Å²) in [5, 5.41) is 11.9. The molecule has 17 heavy (non-hydrogen) atoms. The summed E-state index contributed by atoms with van der Waals surface area (Å²) in [6.45, 7) is 3.72. The van der Waals surface area contributed by atoms with Crippen molar-refractivity contribution in [2.24, 2.45) is 5.92 Å². The van der Waals surface area contributed by atoms with E-state index in [1.54, 1.807) is 13.8 Å². The van der Waals surface area contributed by atoms with Crippen molar-refractivity contribution in [3.05, 3.63) is 0 Å². The van der Waals surface area contributed by atoms with E-state index in [-0.39, 0.29) is 12.5 Å². The van der Waals surface area contributed by atoms with Crippen LogP contribution in [0.3, 0.4) is 0 Å². The molecule has 6 nitrogen and oxygen atoms in total. The van der Waals surface area contributed by atoms with E-state index in [9.17, 15) is 13.2 Å². The van der Waals surface area contributed by atoms with Crippen LogP contribution < -0.4 is 10.0 Å². The van der Waals surface area contributed by atoms with E-state index in [2.05, 4.69) is 10.0 Å². The highest BCUT2D eigenvalue weighted by atomic mass is 32.2. The van der Waals surface area contributed by atoms with Crippen LogP contribution in [0.1, 0.15) is 26.7 Å². The smallest absolute Gasteiger partial charge is 0.320 e. The van der Waals surface area contributed by atoms with Crippen molar-refractivity contribution in [3.8, 4) is 0 Å². The summed E-state index contributed by atoms with van der Waals surface area (Å²) in [7, 11) is -3.29. The van der Waals surface area contributed by atoms with Gasteiger partial charge in [-0.3, -0.25) is 4.79 Å². The van der Waals surface area contributed by atoms with Gasteiger partial charge in [-0.25, -0.2) is 13.1 Å². The topological polar surface area (TPSA) is 95.5 Å². The van der Waals surface area contributed by atoms with Crippen LogP contribution in [-0.4, -0.2) is 43.9 Å². The number of carboxylic acid groups (broad SMARTS) is 1. The largest absolute Gasteiger partial charge is 0.480 e. The summed E-state index contributed by atoms with van der Waals surface area (Å²) < 4.78 is 24.7. The molecule has 1 fully saturated rings. The molecule has 3 N–H and O–H groups in total. The lowest BCUT2D eigenvalue weighted by atomic mass is 10.1. The minimum absolute atomic E-state index is 0.182. The standard InChI is InChI=1S/C10H20N2O4S/c1-10(2,12-17(3,15)16)6-11-8(9(13)14)7-4-5-7/h7-8,11-12H,4-6H2,1-3H3,(H,13,14). The molecule has 1 aliphatic carbocycles. The van der Waals surface area contributed by atoms with Gasteiger partial charge in [0.05, 0.1) is 6.26 Å². The lowest BCUT2D eigenvalue weighted by molar-refractivity contribution is -0.140. The van der Waals surface area contributed by atoms with Crippen molar-refractivity contribution in [1.29, 1.82) is 0 Å². The van der Waals surface area contributed by atoms with Gasteiger partial charge >= 0.3 is 5.97 Å². The van der Waals surface area contributed by atoms with E-state index >= 15 is 0 Å². The molecule has 100 valence electrons. The Labute approximate surface area is 102 Å². The number of nitrogens with one attached hydrogen (secondary N) is 2. The molecule has 1 aliphatic rings. The van der Waals surface area contributed by atoms with Crippen molar-refractivity contribution in [2.45, 2.75) is 38.3 Å². The van der Waals surface area contributed by atoms with Gasteiger partial charge in [-0.1, -0.05) is 0 Å². The van der Waals surface area contributed by atoms with Crippen LogP contribution in [0.5, 0.6) is 0 Å². The summed E-state index contributed by atoms with van der Waals surface area (Å²) >= 11 is 0. The van der Waals surface area contributed by atoms with E-state index in [1.807, 2.05) is 0 Å². The van der Waals surface area contributed by atoms with Crippen LogP contribution in [0, 0.1) is 5.92 Å². The Kier molecular flexibility index (Phi) is 4.16. The molecule has 0 bridgehead atoms. The molecule has 0 heterocycles. The molecular formula is C10H20N2O4S. The van der Waals surface area contributed by atoms with Gasteiger partial charge in [-0.05, 0) is 32.6 Å². The molecule has 0 aromatic rings. The molecule has 7 heteroatoms. The quantitative estimate of drug-likeness (QED) is 0.590. The molecule has 0 aliphatic heterocycles. The van der Waals surface area contributed by atoms with Crippen molar-refractivity contribution in [1.82, 2.24) is 10.0 Å². The Hall–Kier alpha value is -0.660. The molecule has 0 amide bonds. The number of aliphatic carboxylic acids is 1. The highest BCUT2D eigenvalue weighted by Gasteiger charge is 2.37. The van der Waals surface area contributed by atoms with Crippen LogP contribution in [0.2, 0.25) is 0 Å². The Morgan fingerprint density at radius 1 is 1.47 bits per heavy atom. The molecule has 1 atom stereocenters. The van der Waals surface area contributed by atoms with Gasteiger partial charge in [0.25, 0.3) is 0 Å². The van der Waals surface area contributed by atoms with E-state index < -0.39 is 27.6 Å². The van der Waals surface area contributed by atoms with E-state index in [1.165, 1.54) is 0 Å². The SMILES string of the molecule is CC(C)(CNC(C(=O)O)C1CC1)NS(C)(=O)=O. The van der Waals surface area contributed by atoms with Gasteiger partial charge in [-0.2, -0.15) is 0 Å². The third-order valence-corrected chi connectivity index (χ3v) is 3.51. The van der Waals surface area contributed by atoms with Gasteiger partial charge < -0.3 is 10.4 Å². The molecule has 0 aromatic carbocycles. The minimum atomic E-state index is -3.29. The third kappa shape index (κ3) is 5.47. The summed E-state index contributed by atoms with van der Waals surface area (Å²) in [6, 6.07) is -0.573. The van der Waals surface area contributed by atoms with Crippen LogP contribution >= 0.6 is 0 Å². The average Bonchev–Trinajstić information content (AvgIpc) is 2.82. The van der Waals surface area contributed by atoms with E-state index in [0.717, 1.165) is 19.1 Å². The molecule has 1 saturated carbocycles. The first-order chi connectivity index (χ1) is 7.61. The van der Waals surface area contributed by atoms with Crippen LogP contribution in [0.4, 0.5) is 0 Å². The first kappa shape index (κ1) is 14.4. The third-order valence-electron chi connectivity index (χ3n) is 2.59. The monoisotopic (exact) mass is 264 g/mol. The normalized spacial score (nSPS) is 19.0. The fraction of sp³-hybridized carbons (Fsp3) is 0.900. The van der Waals surface area contributed by atoms with Crippen molar-refractivity contribution < 1.29 is 18.3 Å². The number of carboxylic acids is 1. The zero-order valence-electron chi connectivity index (χ0n) is 10.4. The molecular weight excluding hydrogens is 244 g/mol. The van der Waals surface area contributed by atoms with Crippen molar-refractivity contribution >= 4 is 16.0 Å². The Bertz CT molecular complexity index is 387. The van der Waals surface area contributed by atoms with Gasteiger partial charge in [-0.15, -0.1) is 0 Å². The molecule has 0 spiro atoms. The molecule has 0 radical (unpaired) electrons. The van der Waals surface area contributed by atoms with Gasteiger partial charge in [0, 0.05) is 12.1 Å². The second-order valence-electron chi connectivity index (χ2n) is 5.29. The predicted molar refractivity (Wildman–Crippen MR) is 64.2 cm³/mol. The Balaban J connectivity index is 2.50. The maximum Gasteiger partial charge on any atom is 0.320 e. The van der Waals surface area contributed by atoms with Crippen LogP contribution in [0.25, 0.3) is 0 Å². The van der Waals surface area contributed by atoms with Crippen molar-refractivity contribution in [2.75, 3.05) is 12.8 Å². The number of hydrogen-bond acceptors (Lipinski definition) is 4. The molecule has 1 rings (SSSR count). The van der Waals surface area contributed by atoms with E-state index in [4.69, 9.17) is 5.11 Å². The summed E-state index contributed by atoms with van der Waals surface area (Å²) in [4.78, 5) is 11.0. The van der Waals surface area contributed by atoms with Gasteiger partial charge in [0.1, 0.15) is 6.04 Å². The highest BCUT2D eigenvalue weighted by Crippen LogP contribution is 2.32. The Morgan fingerprint density at radius 3 is 2.35 bits per heavy atom. The number of sulfonamides is 1. The summed E-state index contributed by atoms with van der Waals surface area (Å²) in [6.07, 6.45) is 2.93. The maximum absolute atomic E-state index is 11.1. The molecule has 1 unspecified atom stereocenters. The van der Waals surface area contributed by atoms with E-state index in [0.29, 0.717) is 0 Å². The number of hydrogen-bond donors (Lipinski definition) is 3. The number of rotatable bonds is 7. The second-order valence-corrected chi connectivity index (χ2v) is 7.04. The summed E-state index contributed by atoms with van der Waals surface area (Å²) in [5.74, 6) is -0.691. The second kappa shape index (κ2) is 4.91. The lowest BCUT2D eigenvalue weighted by Crippen LogP contribution is -2.53. The summed E-state index contributed by atoms with van der Waals surface area (Å²) in [5.41, 5.74) is -0.698. The zero-order valence-corrected chi connectivity index (χ0v) is 11.2. The Morgan fingerprint density at radius 2 is 2.00 bits per heavy atom. The van der Waals surface area contributed by atoms with Crippen LogP contribution in [-0.2, 0) is 14.8 Å². The fourth-order valence-corrected chi connectivity index (χ4v) is 2.86. The lowest BCUT2D eigenvalue weighted by Gasteiger charge is -2.27. The van der Waals surface area contributed by atoms with Crippen molar-refractivity contribution in [3.63, 3.8) is 0 Å². The minimum Gasteiger partial charge on any atom is -0.480 e. The zero-order chi connectivity index (χ0) is 13.3. The van der Waals surface area contributed by atoms with Gasteiger partial charge in [0.15, 0.2) is 0 Å². The fourth-order valence-electron chi connectivity index (χ4n) is 1.79. The average molecular weight is 264 g/mol. The predicted octanol–water partition coefficient (Wildman–Crippen LogP) is -0.233. The number of carbonyl (C=O) groups is 1. The van der Waals surface area contributed by atoms with Gasteiger partial charge in [0.2, 0.25) is 10.0 Å². The first-order valence-corrected chi connectivity index (χ1v) is 7.45. The molecule has 0 saturated heterocycles. The first-order valence-electron chi connectivity index (χ1n) is 5.56. The highest BCUT2D eigenvalue weighted by molar-refractivity contribution is 7.88. The van der Waals surface area contributed by atoms with Crippen LogP contribution in [0.15, 0.2) is 0 Å². The maximum atomic E-state index is 11.1.